The van der Waals surface area contributed by atoms with Gasteiger partial charge >= 0.3 is 6.18 Å². The van der Waals surface area contributed by atoms with Crippen molar-refractivity contribution in [1.29, 1.82) is 5.26 Å². The molecule has 1 fully saturated rings. The lowest BCUT2D eigenvalue weighted by atomic mass is 10.0. The van der Waals surface area contributed by atoms with Crippen LogP contribution in [-0.2, 0) is 12.6 Å². The van der Waals surface area contributed by atoms with Gasteiger partial charge in [-0.3, -0.25) is 4.79 Å². The third kappa shape index (κ3) is 4.28. The zero-order valence-corrected chi connectivity index (χ0v) is 17.2. The molecule has 30 heavy (non-hydrogen) atoms. The van der Waals surface area contributed by atoms with Crippen molar-refractivity contribution in [3.63, 3.8) is 0 Å². The number of amides is 1. The van der Waals surface area contributed by atoms with Gasteiger partial charge in [0.1, 0.15) is 0 Å². The SMILES string of the molecule is CCc1cc(N2C[C@@H](C)N(C(=O)c3ccc(C(F)(F)F)cc3)C[C@@H]2C)ccc1C#N. The number of carbonyl (C=O) groups excluding carboxylic acids is 1. The topological polar surface area (TPSA) is 47.3 Å². The first-order valence-corrected chi connectivity index (χ1v) is 9.93. The maximum atomic E-state index is 12.9. The lowest BCUT2D eigenvalue weighted by molar-refractivity contribution is -0.137. The van der Waals surface area contributed by atoms with Gasteiger partial charge in [0.15, 0.2) is 0 Å². The van der Waals surface area contributed by atoms with E-state index in [0.717, 1.165) is 29.8 Å². The van der Waals surface area contributed by atoms with Crippen molar-refractivity contribution in [1.82, 2.24) is 4.90 Å². The molecular weight excluding hydrogens is 391 g/mol. The molecule has 0 radical (unpaired) electrons. The Hall–Kier alpha value is -3.01. The fourth-order valence-electron chi connectivity index (χ4n) is 3.90. The first-order valence-electron chi connectivity index (χ1n) is 9.93. The highest BCUT2D eigenvalue weighted by molar-refractivity contribution is 5.94. The molecule has 0 spiro atoms. The van der Waals surface area contributed by atoms with E-state index < -0.39 is 11.7 Å². The maximum absolute atomic E-state index is 12.9. The largest absolute Gasteiger partial charge is 0.416 e. The molecule has 4 nitrogen and oxygen atoms in total. The number of anilines is 1. The summed E-state index contributed by atoms with van der Waals surface area (Å²) in [6.45, 7) is 7.02. The number of halogens is 3. The third-order valence-electron chi connectivity index (χ3n) is 5.63. The molecule has 0 N–H and O–H groups in total. The third-order valence-corrected chi connectivity index (χ3v) is 5.63. The number of piperazine rings is 1. The van der Waals surface area contributed by atoms with Gasteiger partial charge in [-0.15, -0.1) is 0 Å². The van der Waals surface area contributed by atoms with E-state index in [1.165, 1.54) is 12.1 Å². The van der Waals surface area contributed by atoms with Crippen molar-refractivity contribution in [2.45, 2.75) is 45.5 Å². The van der Waals surface area contributed by atoms with E-state index in [4.69, 9.17) is 0 Å². The van der Waals surface area contributed by atoms with Crippen molar-refractivity contribution in [3.8, 4) is 6.07 Å². The van der Waals surface area contributed by atoms with E-state index in [9.17, 15) is 23.2 Å². The standard InChI is InChI=1S/C23H24F3N3O/c1-4-17-11-21(10-7-19(17)12-27)28-13-16(3)29(14-15(28)2)22(30)18-5-8-20(9-6-18)23(24,25)26/h5-11,15-16H,4,13-14H2,1-3H3/t15-,16+/m0/s1. The number of rotatable bonds is 3. The summed E-state index contributed by atoms with van der Waals surface area (Å²) in [6.07, 6.45) is -3.67. The lowest BCUT2D eigenvalue weighted by Crippen LogP contribution is -2.58. The minimum Gasteiger partial charge on any atom is -0.365 e. The molecule has 1 amide bonds. The van der Waals surface area contributed by atoms with Crippen LogP contribution in [0.25, 0.3) is 0 Å². The van der Waals surface area contributed by atoms with E-state index in [-0.39, 0.29) is 23.6 Å². The van der Waals surface area contributed by atoms with Crippen LogP contribution in [0.15, 0.2) is 42.5 Å². The van der Waals surface area contributed by atoms with Crippen molar-refractivity contribution >= 4 is 11.6 Å². The van der Waals surface area contributed by atoms with Gasteiger partial charge in [0, 0.05) is 36.4 Å². The van der Waals surface area contributed by atoms with E-state index in [0.29, 0.717) is 18.7 Å². The van der Waals surface area contributed by atoms with Gasteiger partial charge in [-0.05, 0) is 68.3 Å². The first kappa shape index (κ1) is 21.7. The number of benzene rings is 2. The molecule has 1 aliphatic heterocycles. The minimum atomic E-state index is -4.42. The number of alkyl halides is 3. The summed E-state index contributed by atoms with van der Waals surface area (Å²) >= 11 is 0. The maximum Gasteiger partial charge on any atom is 0.416 e. The molecule has 1 heterocycles. The minimum absolute atomic E-state index is 0.0252. The average molecular weight is 415 g/mol. The zero-order valence-electron chi connectivity index (χ0n) is 17.2. The number of hydrogen-bond acceptors (Lipinski definition) is 3. The van der Waals surface area contributed by atoms with Gasteiger partial charge in [-0.1, -0.05) is 6.92 Å². The van der Waals surface area contributed by atoms with E-state index >= 15 is 0 Å². The van der Waals surface area contributed by atoms with Crippen LogP contribution < -0.4 is 4.90 Å². The van der Waals surface area contributed by atoms with Crippen LogP contribution in [0.3, 0.4) is 0 Å². The number of carbonyl (C=O) groups is 1. The first-order chi connectivity index (χ1) is 14.2. The second kappa shape index (κ2) is 8.39. The fourth-order valence-corrected chi connectivity index (χ4v) is 3.90. The molecule has 1 saturated heterocycles. The number of aryl methyl sites for hydroxylation is 1. The summed E-state index contributed by atoms with van der Waals surface area (Å²) in [5.74, 6) is -0.267. The average Bonchev–Trinajstić information content (AvgIpc) is 2.73. The molecule has 2 aromatic carbocycles. The molecule has 2 atom stereocenters. The van der Waals surface area contributed by atoms with Gasteiger partial charge in [0.25, 0.3) is 5.91 Å². The molecule has 0 saturated carbocycles. The van der Waals surface area contributed by atoms with E-state index in [2.05, 4.69) is 11.0 Å². The van der Waals surface area contributed by atoms with Crippen LogP contribution in [0.5, 0.6) is 0 Å². The summed E-state index contributed by atoms with van der Waals surface area (Å²) in [5.41, 5.74) is 2.14. The van der Waals surface area contributed by atoms with Gasteiger partial charge < -0.3 is 9.80 Å². The Kier molecular flexibility index (Phi) is 6.06. The Morgan fingerprint density at radius 2 is 1.77 bits per heavy atom. The highest BCUT2D eigenvalue weighted by Crippen LogP contribution is 2.30. The van der Waals surface area contributed by atoms with Crippen molar-refractivity contribution < 1.29 is 18.0 Å². The molecule has 7 heteroatoms. The summed E-state index contributed by atoms with van der Waals surface area (Å²) in [6, 6.07) is 12.3. The van der Waals surface area contributed by atoms with Crippen molar-refractivity contribution in [2.24, 2.45) is 0 Å². The van der Waals surface area contributed by atoms with E-state index in [1.807, 2.05) is 39.0 Å². The smallest absolute Gasteiger partial charge is 0.365 e. The fraction of sp³-hybridized carbons (Fsp3) is 0.391. The summed E-state index contributed by atoms with van der Waals surface area (Å²) < 4.78 is 38.3. The Balaban J connectivity index is 1.78. The second-order valence-corrected chi connectivity index (χ2v) is 7.69. The van der Waals surface area contributed by atoms with Crippen LogP contribution in [-0.4, -0.2) is 36.0 Å². The molecule has 0 aromatic heterocycles. The van der Waals surface area contributed by atoms with Gasteiger partial charge in [-0.2, -0.15) is 18.4 Å². The summed E-state index contributed by atoms with van der Waals surface area (Å²) in [7, 11) is 0. The molecular formula is C23H24F3N3O. The Morgan fingerprint density at radius 1 is 1.10 bits per heavy atom. The molecule has 0 unspecified atom stereocenters. The summed E-state index contributed by atoms with van der Waals surface area (Å²) in [4.78, 5) is 16.9. The Labute approximate surface area is 174 Å². The zero-order chi connectivity index (χ0) is 22.1. The number of nitrogens with zero attached hydrogens (tertiary/aromatic N) is 3. The Bertz CT molecular complexity index is 963. The normalized spacial score (nSPS) is 19.5. The monoisotopic (exact) mass is 415 g/mol. The van der Waals surface area contributed by atoms with Gasteiger partial charge in [-0.25, -0.2) is 0 Å². The molecule has 0 aliphatic carbocycles. The van der Waals surface area contributed by atoms with Crippen LogP contribution in [0.4, 0.5) is 18.9 Å². The van der Waals surface area contributed by atoms with Crippen LogP contribution in [0.1, 0.15) is 47.8 Å². The van der Waals surface area contributed by atoms with Gasteiger partial charge in [0.2, 0.25) is 0 Å². The molecule has 158 valence electrons. The predicted octanol–water partition coefficient (Wildman–Crippen LogP) is 4.88. The molecule has 1 aliphatic rings. The Morgan fingerprint density at radius 3 is 2.33 bits per heavy atom. The quantitative estimate of drug-likeness (QED) is 0.718. The number of hydrogen-bond donors (Lipinski definition) is 0. The molecule has 2 aromatic rings. The van der Waals surface area contributed by atoms with Gasteiger partial charge in [0.05, 0.1) is 17.2 Å². The highest BCUT2D eigenvalue weighted by Gasteiger charge is 2.34. The number of nitriles is 1. The predicted molar refractivity (Wildman–Crippen MR) is 109 cm³/mol. The second-order valence-electron chi connectivity index (χ2n) is 7.69. The summed E-state index contributed by atoms with van der Waals surface area (Å²) in [5, 5.41) is 9.24. The van der Waals surface area contributed by atoms with Crippen molar-refractivity contribution in [2.75, 3.05) is 18.0 Å². The highest BCUT2D eigenvalue weighted by atomic mass is 19.4. The van der Waals surface area contributed by atoms with Crippen LogP contribution in [0.2, 0.25) is 0 Å². The van der Waals surface area contributed by atoms with Crippen LogP contribution >= 0.6 is 0 Å². The lowest BCUT2D eigenvalue weighted by Gasteiger charge is -2.45. The molecule has 3 rings (SSSR count). The molecule has 0 bridgehead atoms. The van der Waals surface area contributed by atoms with E-state index in [1.54, 1.807) is 4.90 Å². The van der Waals surface area contributed by atoms with Crippen molar-refractivity contribution in [3.05, 3.63) is 64.7 Å². The van der Waals surface area contributed by atoms with Crippen LogP contribution in [0, 0.1) is 11.3 Å².